The number of fused-ring (bicyclic) bond motifs is 1. The summed E-state index contributed by atoms with van der Waals surface area (Å²) >= 11 is 0. The first kappa shape index (κ1) is 7.86. The van der Waals surface area contributed by atoms with E-state index in [1.54, 1.807) is 10.6 Å². The zero-order chi connectivity index (χ0) is 9.26. The zero-order valence-electron chi connectivity index (χ0n) is 7.10. The van der Waals surface area contributed by atoms with Gasteiger partial charge in [0.2, 0.25) is 0 Å². The topological polar surface area (TPSA) is 40.4 Å². The second-order valence-electron chi connectivity index (χ2n) is 2.75. The van der Waals surface area contributed by atoms with Gasteiger partial charge in [-0.2, -0.15) is 0 Å². The summed E-state index contributed by atoms with van der Waals surface area (Å²) in [5, 5.41) is 9.41. The summed E-state index contributed by atoms with van der Waals surface area (Å²) < 4.78 is 6.78. The minimum absolute atomic E-state index is 0.0823. The van der Waals surface area contributed by atoms with Crippen molar-refractivity contribution in [2.24, 2.45) is 0 Å². The highest BCUT2D eigenvalue weighted by molar-refractivity contribution is 5.72. The molecule has 1 heterocycles. The van der Waals surface area contributed by atoms with E-state index in [0.717, 1.165) is 5.52 Å². The standard InChI is InChI=1S/C10H9N2O/c1-2-7-12-8-5-3-4-6-9(8)13-10(12)11/h2-6H,1,7H2. The van der Waals surface area contributed by atoms with Gasteiger partial charge < -0.3 is 4.42 Å². The third kappa shape index (κ3) is 1.18. The molecule has 13 heavy (non-hydrogen) atoms. The highest BCUT2D eigenvalue weighted by atomic mass is 16.3. The maximum Gasteiger partial charge on any atom is 0.322 e. The Morgan fingerprint density at radius 3 is 3.00 bits per heavy atom. The molecule has 1 radical (unpaired) electrons. The molecule has 0 aliphatic carbocycles. The maximum atomic E-state index is 9.41. The van der Waals surface area contributed by atoms with Gasteiger partial charge in [0.1, 0.15) is 0 Å². The minimum atomic E-state index is -0.0823. The molecule has 1 aromatic carbocycles. The van der Waals surface area contributed by atoms with Crippen LogP contribution >= 0.6 is 0 Å². The van der Waals surface area contributed by atoms with Gasteiger partial charge >= 0.3 is 5.68 Å². The minimum Gasteiger partial charge on any atom is -0.422 e. The highest BCUT2D eigenvalue weighted by Gasteiger charge is 2.03. The highest BCUT2D eigenvalue weighted by Crippen LogP contribution is 2.10. The molecule has 65 valence electrons. The molecule has 0 aliphatic rings. The number of rotatable bonds is 2. The van der Waals surface area contributed by atoms with Crippen LogP contribution in [0.15, 0.2) is 41.3 Å². The number of para-hydroxylation sites is 2. The van der Waals surface area contributed by atoms with Crippen molar-refractivity contribution in [2.45, 2.75) is 6.54 Å². The lowest BCUT2D eigenvalue weighted by Crippen LogP contribution is -2.15. The Kier molecular flexibility index (Phi) is 1.77. The molecule has 1 aromatic heterocycles. The van der Waals surface area contributed by atoms with Gasteiger partial charge in [0, 0.05) is 6.54 Å². The Morgan fingerprint density at radius 2 is 2.23 bits per heavy atom. The van der Waals surface area contributed by atoms with Crippen molar-refractivity contribution in [1.29, 1.82) is 0 Å². The van der Waals surface area contributed by atoms with E-state index >= 15 is 0 Å². The number of aromatic nitrogens is 1. The van der Waals surface area contributed by atoms with Crippen molar-refractivity contribution in [2.75, 3.05) is 0 Å². The van der Waals surface area contributed by atoms with Crippen LogP contribution in [0.2, 0.25) is 0 Å². The lowest BCUT2D eigenvalue weighted by Gasteiger charge is -1.95. The molecule has 0 saturated carbocycles. The molecule has 0 amide bonds. The molecule has 3 heteroatoms. The van der Waals surface area contributed by atoms with Crippen LogP contribution in [0.4, 0.5) is 0 Å². The van der Waals surface area contributed by atoms with Gasteiger partial charge in [-0.3, -0.25) is 4.57 Å². The van der Waals surface area contributed by atoms with Gasteiger partial charge in [-0.05, 0) is 12.1 Å². The number of hydrogen-bond donors (Lipinski definition) is 0. The van der Waals surface area contributed by atoms with E-state index in [-0.39, 0.29) is 5.68 Å². The van der Waals surface area contributed by atoms with Crippen LogP contribution < -0.4 is 11.1 Å². The lowest BCUT2D eigenvalue weighted by atomic mass is 10.3. The molecule has 0 saturated heterocycles. The molecule has 0 spiro atoms. The summed E-state index contributed by atoms with van der Waals surface area (Å²) in [7, 11) is 0. The summed E-state index contributed by atoms with van der Waals surface area (Å²) in [6.45, 7) is 4.15. The van der Waals surface area contributed by atoms with Gasteiger partial charge in [0.25, 0.3) is 0 Å². The number of benzene rings is 1. The summed E-state index contributed by atoms with van der Waals surface area (Å²) in [5.74, 6) is 0. The fourth-order valence-electron chi connectivity index (χ4n) is 1.33. The molecule has 0 unspecified atom stereocenters. The van der Waals surface area contributed by atoms with Gasteiger partial charge in [-0.25, -0.2) is 0 Å². The smallest absolute Gasteiger partial charge is 0.322 e. The van der Waals surface area contributed by atoms with Gasteiger partial charge in [0.05, 0.1) is 5.52 Å². The van der Waals surface area contributed by atoms with E-state index in [9.17, 15) is 5.41 Å². The molecule has 0 fully saturated rings. The molecule has 0 aliphatic heterocycles. The van der Waals surface area contributed by atoms with E-state index < -0.39 is 0 Å². The normalized spacial score (nSPS) is 10.5. The maximum absolute atomic E-state index is 9.41. The Hall–Kier alpha value is -1.77. The predicted octanol–water partition coefficient (Wildman–Crippen LogP) is 1.12. The molecular formula is C10H9N2O. The van der Waals surface area contributed by atoms with E-state index in [2.05, 4.69) is 6.58 Å². The molecule has 2 aromatic rings. The second kappa shape index (κ2) is 2.94. The number of nitrogens with zero attached hydrogens (tertiary/aromatic N) is 2. The third-order valence-corrected chi connectivity index (χ3v) is 1.90. The summed E-state index contributed by atoms with van der Waals surface area (Å²) in [6.07, 6.45) is 1.71. The summed E-state index contributed by atoms with van der Waals surface area (Å²) in [6, 6.07) is 7.47. The predicted molar refractivity (Wildman–Crippen MR) is 49.7 cm³/mol. The first-order chi connectivity index (χ1) is 6.33. The fraction of sp³-hybridized carbons (Fsp3) is 0.100. The Bertz CT molecular complexity index is 493. The molecule has 0 atom stereocenters. The fourth-order valence-corrected chi connectivity index (χ4v) is 1.33. The first-order valence-corrected chi connectivity index (χ1v) is 4.04. The van der Waals surface area contributed by atoms with E-state index in [1.165, 1.54) is 0 Å². The van der Waals surface area contributed by atoms with Gasteiger partial charge in [0.15, 0.2) is 5.58 Å². The average molecular weight is 173 g/mol. The molecule has 0 bridgehead atoms. The van der Waals surface area contributed by atoms with Gasteiger partial charge in [-0.1, -0.05) is 23.6 Å². The molecular weight excluding hydrogens is 164 g/mol. The van der Waals surface area contributed by atoms with Gasteiger partial charge in [-0.15, -0.1) is 6.58 Å². The van der Waals surface area contributed by atoms with Crippen molar-refractivity contribution >= 4 is 11.1 Å². The quantitative estimate of drug-likeness (QED) is 0.627. The van der Waals surface area contributed by atoms with Crippen molar-refractivity contribution in [3.05, 3.63) is 42.6 Å². The first-order valence-electron chi connectivity index (χ1n) is 4.04. The largest absolute Gasteiger partial charge is 0.422 e. The van der Waals surface area contributed by atoms with E-state index in [4.69, 9.17) is 4.42 Å². The van der Waals surface area contributed by atoms with Crippen LogP contribution in [0.5, 0.6) is 0 Å². The Balaban J connectivity index is 2.78. The van der Waals surface area contributed by atoms with Crippen LogP contribution in [0.1, 0.15) is 0 Å². The van der Waals surface area contributed by atoms with Crippen molar-refractivity contribution in [3.8, 4) is 0 Å². The SMILES string of the molecule is C=CCn1c(=[N])oc2ccccc21. The summed E-state index contributed by atoms with van der Waals surface area (Å²) in [4.78, 5) is 0. The Morgan fingerprint density at radius 1 is 1.46 bits per heavy atom. The van der Waals surface area contributed by atoms with Crippen molar-refractivity contribution < 1.29 is 4.42 Å². The average Bonchev–Trinajstić information content (AvgIpc) is 2.44. The van der Waals surface area contributed by atoms with Crippen LogP contribution in [0.25, 0.3) is 11.1 Å². The van der Waals surface area contributed by atoms with Crippen molar-refractivity contribution in [1.82, 2.24) is 9.98 Å². The van der Waals surface area contributed by atoms with Crippen LogP contribution in [-0.2, 0) is 6.54 Å². The number of hydrogen-bond acceptors (Lipinski definition) is 1. The number of allylic oxidation sites excluding steroid dienone is 1. The van der Waals surface area contributed by atoms with Crippen LogP contribution in [0, 0.1) is 0 Å². The van der Waals surface area contributed by atoms with Crippen LogP contribution in [-0.4, -0.2) is 4.57 Å². The molecule has 2 rings (SSSR count). The zero-order valence-corrected chi connectivity index (χ0v) is 7.10. The summed E-state index contributed by atoms with van der Waals surface area (Å²) in [5.41, 5.74) is 1.47. The van der Waals surface area contributed by atoms with E-state index in [0.29, 0.717) is 12.1 Å². The molecule has 3 nitrogen and oxygen atoms in total. The van der Waals surface area contributed by atoms with E-state index in [1.807, 2.05) is 24.3 Å². The Labute approximate surface area is 75.4 Å². The molecule has 0 N–H and O–H groups in total. The van der Waals surface area contributed by atoms with Crippen molar-refractivity contribution in [3.63, 3.8) is 0 Å². The number of oxazole rings is 1. The monoisotopic (exact) mass is 173 g/mol. The van der Waals surface area contributed by atoms with Crippen LogP contribution in [0.3, 0.4) is 0 Å². The lowest BCUT2D eigenvalue weighted by molar-refractivity contribution is 0.502. The third-order valence-electron chi connectivity index (χ3n) is 1.90. The second-order valence-corrected chi connectivity index (χ2v) is 2.75.